The van der Waals surface area contributed by atoms with Gasteiger partial charge in [-0.2, -0.15) is 0 Å². The van der Waals surface area contributed by atoms with Gasteiger partial charge in [-0.15, -0.1) is 0 Å². The number of rotatable bonds is 5. The third-order valence-corrected chi connectivity index (χ3v) is 4.29. The number of carboxylic acid groups (broad SMARTS) is 1. The number of hydrogen-bond acceptors (Lipinski definition) is 3. The smallest absolute Gasteiger partial charge is 0.336 e. The molecule has 0 radical (unpaired) electrons. The molecule has 0 aliphatic rings. The Morgan fingerprint density at radius 3 is 2.62 bits per heavy atom. The molecular weight excluding hydrogens is 304 g/mol. The number of aromatic carboxylic acids is 1. The maximum absolute atomic E-state index is 11.5. The molecule has 0 bridgehead atoms. The maximum atomic E-state index is 11.5. The molecule has 0 aliphatic heterocycles. The van der Waals surface area contributed by atoms with Crippen molar-refractivity contribution in [1.29, 1.82) is 0 Å². The SMILES string of the molecule is COCc1nc2cc(C)c(C)cc2n1Cc1ccccc1C(=O)O. The lowest BCUT2D eigenvalue weighted by molar-refractivity contribution is 0.0695. The Morgan fingerprint density at radius 1 is 1.21 bits per heavy atom. The number of methoxy groups -OCH3 is 1. The highest BCUT2D eigenvalue weighted by Gasteiger charge is 2.15. The molecule has 1 aromatic heterocycles. The van der Waals surface area contributed by atoms with Gasteiger partial charge >= 0.3 is 5.97 Å². The lowest BCUT2D eigenvalue weighted by Crippen LogP contribution is -2.10. The number of hydrogen-bond donors (Lipinski definition) is 1. The van der Waals surface area contributed by atoms with Crippen LogP contribution in [0.3, 0.4) is 0 Å². The Hall–Kier alpha value is -2.66. The number of benzene rings is 2. The van der Waals surface area contributed by atoms with Crippen molar-refractivity contribution in [3.8, 4) is 0 Å². The molecule has 0 fully saturated rings. The second-order valence-electron chi connectivity index (χ2n) is 5.93. The lowest BCUT2D eigenvalue weighted by Gasteiger charge is -2.12. The second kappa shape index (κ2) is 6.45. The number of aromatic nitrogens is 2. The number of carbonyl (C=O) groups is 1. The highest BCUT2D eigenvalue weighted by Crippen LogP contribution is 2.23. The van der Waals surface area contributed by atoms with E-state index >= 15 is 0 Å². The highest BCUT2D eigenvalue weighted by molar-refractivity contribution is 5.89. The minimum atomic E-state index is -0.921. The summed E-state index contributed by atoms with van der Waals surface area (Å²) in [6.45, 7) is 4.94. The molecule has 0 amide bonds. The fraction of sp³-hybridized carbons (Fsp3) is 0.263. The van der Waals surface area contributed by atoms with Gasteiger partial charge in [-0.1, -0.05) is 18.2 Å². The van der Waals surface area contributed by atoms with Crippen molar-refractivity contribution in [2.45, 2.75) is 27.0 Å². The van der Waals surface area contributed by atoms with E-state index < -0.39 is 5.97 Å². The molecule has 0 saturated carbocycles. The van der Waals surface area contributed by atoms with Gasteiger partial charge in [0.1, 0.15) is 12.4 Å². The first-order valence-electron chi connectivity index (χ1n) is 7.77. The lowest BCUT2D eigenvalue weighted by atomic mass is 10.1. The Balaban J connectivity index is 2.16. The molecule has 2 aromatic carbocycles. The van der Waals surface area contributed by atoms with Crippen molar-refractivity contribution in [1.82, 2.24) is 9.55 Å². The molecule has 1 heterocycles. The van der Waals surface area contributed by atoms with Gasteiger partial charge in [0.25, 0.3) is 0 Å². The predicted octanol–water partition coefficient (Wildman–Crippen LogP) is 3.55. The molecule has 0 saturated heterocycles. The summed E-state index contributed by atoms with van der Waals surface area (Å²) >= 11 is 0. The molecule has 3 aromatic rings. The van der Waals surface area contributed by atoms with Crippen molar-refractivity contribution >= 4 is 17.0 Å². The van der Waals surface area contributed by atoms with Gasteiger partial charge in [-0.3, -0.25) is 0 Å². The third kappa shape index (κ3) is 2.90. The first-order valence-corrected chi connectivity index (χ1v) is 7.77. The van der Waals surface area contributed by atoms with Crippen LogP contribution in [0.15, 0.2) is 36.4 Å². The van der Waals surface area contributed by atoms with Crippen LogP contribution in [0.1, 0.15) is 32.9 Å². The summed E-state index contributed by atoms with van der Waals surface area (Å²) in [5, 5.41) is 9.41. The van der Waals surface area contributed by atoms with E-state index in [1.807, 2.05) is 16.7 Å². The van der Waals surface area contributed by atoms with E-state index in [0.717, 1.165) is 22.4 Å². The first-order chi connectivity index (χ1) is 11.5. The van der Waals surface area contributed by atoms with Crippen LogP contribution in [0.25, 0.3) is 11.0 Å². The van der Waals surface area contributed by atoms with Crippen molar-refractivity contribution in [2.75, 3.05) is 7.11 Å². The van der Waals surface area contributed by atoms with Crippen LogP contribution in [-0.2, 0) is 17.9 Å². The van der Waals surface area contributed by atoms with E-state index in [-0.39, 0.29) is 0 Å². The van der Waals surface area contributed by atoms with E-state index in [1.165, 1.54) is 11.1 Å². The topological polar surface area (TPSA) is 64.4 Å². The molecule has 0 aliphatic carbocycles. The van der Waals surface area contributed by atoms with Crippen LogP contribution in [0.5, 0.6) is 0 Å². The van der Waals surface area contributed by atoms with Crippen molar-refractivity contribution in [3.63, 3.8) is 0 Å². The van der Waals surface area contributed by atoms with Gasteiger partial charge in [0.2, 0.25) is 0 Å². The molecule has 124 valence electrons. The average Bonchev–Trinajstić information content (AvgIpc) is 2.86. The fourth-order valence-corrected chi connectivity index (χ4v) is 2.88. The second-order valence-corrected chi connectivity index (χ2v) is 5.93. The fourth-order valence-electron chi connectivity index (χ4n) is 2.88. The molecule has 0 spiro atoms. The van der Waals surface area contributed by atoms with Crippen LogP contribution >= 0.6 is 0 Å². The number of aryl methyl sites for hydroxylation is 2. The molecule has 5 heteroatoms. The third-order valence-electron chi connectivity index (χ3n) is 4.29. The van der Waals surface area contributed by atoms with E-state index in [4.69, 9.17) is 4.74 Å². The Kier molecular flexibility index (Phi) is 4.36. The predicted molar refractivity (Wildman–Crippen MR) is 92.4 cm³/mol. The minimum absolute atomic E-state index is 0.312. The van der Waals surface area contributed by atoms with E-state index in [9.17, 15) is 9.90 Å². The molecule has 24 heavy (non-hydrogen) atoms. The zero-order valence-electron chi connectivity index (χ0n) is 14.0. The number of imidazole rings is 1. The van der Waals surface area contributed by atoms with Crippen LogP contribution < -0.4 is 0 Å². The quantitative estimate of drug-likeness (QED) is 0.779. The zero-order chi connectivity index (χ0) is 17.3. The van der Waals surface area contributed by atoms with Crippen molar-refractivity contribution in [3.05, 3.63) is 64.5 Å². The molecule has 0 unspecified atom stereocenters. The van der Waals surface area contributed by atoms with Crippen LogP contribution in [0, 0.1) is 13.8 Å². The van der Waals surface area contributed by atoms with Gasteiger partial charge in [-0.25, -0.2) is 9.78 Å². The summed E-state index contributed by atoms with van der Waals surface area (Å²) in [6, 6.07) is 11.2. The Bertz CT molecular complexity index is 912. The van der Waals surface area contributed by atoms with Crippen molar-refractivity contribution in [2.24, 2.45) is 0 Å². The van der Waals surface area contributed by atoms with Crippen molar-refractivity contribution < 1.29 is 14.6 Å². The maximum Gasteiger partial charge on any atom is 0.336 e. The summed E-state index contributed by atoms with van der Waals surface area (Å²) in [6.07, 6.45) is 0. The molecular formula is C19H20N2O3. The minimum Gasteiger partial charge on any atom is -0.478 e. The summed E-state index contributed by atoms with van der Waals surface area (Å²) < 4.78 is 7.31. The molecule has 1 N–H and O–H groups in total. The Labute approximate surface area is 140 Å². The van der Waals surface area contributed by atoms with E-state index in [0.29, 0.717) is 18.7 Å². The van der Waals surface area contributed by atoms with Gasteiger partial charge < -0.3 is 14.4 Å². The summed E-state index contributed by atoms with van der Waals surface area (Å²) in [5.41, 5.74) is 5.32. The van der Waals surface area contributed by atoms with E-state index in [1.54, 1.807) is 19.2 Å². The first kappa shape index (κ1) is 16.2. The number of fused-ring (bicyclic) bond motifs is 1. The monoisotopic (exact) mass is 324 g/mol. The molecule has 0 atom stereocenters. The van der Waals surface area contributed by atoms with Crippen LogP contribution in [-0.4, -0.2) is 27.7 Å². The van der Waals surface area contributed by atoms with Crippen LogP contribution in [0.2, 0.25) is 0 Å². The van der Waals surface area contributed by atoms with Gasteiger partial charge in [0.15, 0.2) is 0 Å². The highest BCUT2D eigenvalue weighted by atomic mass is 16.5. The Morgan fingerprint density at radius 2 is 1.92 bits per heavy atom. The molecule has 3 rings (SSSR count). The van der Waals surface area contributed by atoms with E-state index in [2.05, 4.69) is 31.0 Å². The summed E-state index contributed by atoms with van der Waals surface area (Å²) in [5.74, 6) is -0.131. The van der Waals surface area contributed by atoms with Gasteiger partial charge in [0, 0.05) is 7.11 Å². The summed E-state index contributed by atoms with van der Waals surface area (Å²) in [4.78, 5) is 16.1. The average molecular weight is 324 g/mol. The van der Waals surface area contributed by atoms with Crippen LogP contribution in [0.4, 0.5) is 0 Å². The zero-order valence-corrected chi connectivity index (χ0v) is 14.0. The summed E-state index contributed by atoms with van der Waals surface area (Å²) in [7, 11) is 1.63. The number of carboxylic acids is 1. The largest absolute Gasteiger partial charge is 0.478 e. The normalized spacial score (nSPS) is 11.1. The molecule has 5 nitrogen and oxygen atoms in total. The van der Waals surface area contributed by atoms with Gasteiger partial charge in [0.05, 0.1) is 23.1 Å². The number of ether oxygens (including phenoxy) is 1. The van der Waals surface area contributed by atoms with Gasteiger partial charge in [-0.05, 0) is 48.7 Å². The number of nitrogens with zero attached hydrogens (tertiary/aromatic N) is 2. The standard InChI is InChI=1S/C19H20N2O3/c1-12-8-16-17(9-13(12)2)21(18(20-16)11-24-3)10-14-6-4-5-7-15(14)19(22)23/h4-9H,10-11H2,1-3H3,(H,22,23).